The summed E-state index contributed by atoms with van der Waals surface area (Å²) in [4.78, 5) is 168. The first-order chi connectivity index (χ1) is 41.3. The fourth-order valence-corrected chi connectivity index (χ4v) is 11.3. The third-order valence-electron chi connectivity index (χ3n) is 16.9. The van der Waals surface area contributed by atoms with Crippen LogP contribution >= 0.6 is 0 Å². The van der Waals surface area contributed by atoms with Crippen LogP contribution in [0.15, 0.2) is 18.3 Å². The van der Waals surface area contributed by atoms with Crippen LogP contribution in [-0.2, 0) is 54.4 Å². The van der Waals surface area contributed by atoms with Crippen LogP contribution in [0.5, 0.6) is 0 Å². The Morgan fingerprint density at radius 3 is 1.63 bits per heavy atom. The number of hydrogen-bond acceptors (Lipinski definition) is 13. The molecule has 89 heavy (non-hydrogen) atoms. The highest BCUT2D eigenvalue weighted by atomic mass is 19.1. The molecule has 1 aliphatic heterocycles. The summed E-state index contributed by atoms with van der Waals surface area (Å²) in [7, 11) is 10.0. The van der Waals surface area contributed by atoms with Crippen molar-refractivity contribution >= 4 is 65.1 Å². The largest absolute Gasteiger partial charge is 0.388 e. The Balaban J connectivity index is 2.60. The van der Waals surface area contributed by atoms with E-state index in [0.29, 0.717) is 31.4 Å². The average molecular weight is 1260 g/mol. The number of likely N-dealkylation sites (N-methyl/N-ethyl adjacent to an activating group) is 6. The van der Waals surface area contributed by atoms with E-state index in [1.54, 1.807) is 41.7 Å². The first-order valence-electron chi connectivity index (χ1n) is 31.6. The number of nitrogens with one attached hydrogen (secondary N) is 4. The van der Waals surface area contributed by atoms with Gasteiger partial charge in [0.15, 0.2) is 0 Å². The summed E-state index contributed by atoms with van der Waals surface area (Å²) in [5.74, 6) is -7.79. The Morgan fingerprint density at radius 1 is 0.629 bits per heavy atom. The van der Waals surface area contributed by atoms with Crippen LogP contribution in [0.3, 0.4) is 0 Å². The predicted octanol–water partition coefficient (Wildman–Crippen LogP) is 4.21. The zero-order valence-corrected chi connectivity index (χ0v) is 57.3. The van der Waals surface area contributed by atoms with Gasteiger partial charge in [0.1, 0.15) is 66.3 Å². The zero-order chi connectivity index (χ0) is 68.4. The zero-order valence-electron chi connectivity index (χ0n) is 57.3. The number of hydrogen-bond donors (Lipinski definition) is 5. The van der Waals surface area contributed by atoms with E-state index < -0.39 is 143 Å². The van der Waals surface area contributed by atoms with Crippen LogP contribution in [0.2, 0.25) is 0 Å². The number of pyridine rings is 1. The molecule has 1 fully saturated rings. The molecule has 504 valence electrons. The fourth-order valence-electron chi connectivity index (χ4n) is 11.3. The molecular weight excluding hydrogens is 1150 g/mol. The predicted molar refractivity (Wildman–Crippen MR) is 337 cm³/mol. The molecule has 0 bridgehead atoms. The lowest BCUT2D eigenvalue weighted by Gasteiger charge is -2.39. The van der Waals surface area contributed by atoms with Gasteiger partial charge in [0.2, 0.25) is 59.1 Å². The number of carbonyl (C=O) groups is 11. The van der Waals surface area contributed by atoms with Crippen molar-refractivity contribution < 1.29 is 62.2 Å². The normalized spacial score (nSPS) is 17.8. The number of urea groups is 1. The minimum absolute atomic E-state index is 0.00230. The van der Waals surface area contributed by atoms with Crippen molar-refractivity contribution in [1.82, 2.24) is 60.6 Å². The molecule has 0 saturated carbocycles. The number of aryl methyl sites for hydroxylation is 1. The minimum Gasteiger partial charge on any atom is -0.388 e. The lowest BCUT2D eigenvalue weighted by atomic mass is 9.95. The van der Waals surface area contributed by atoms with E-state index in [4.69, 9.17) is 0 Å². The van der Waals surface area contributed by atoms with Gasteiger partial charge in [0.05, 0.1) is 12.2 Å². The lowest BCUT2D eigenvalue weighted by molar-refractivity contribution is -0.155. The van der Waals surface area contributed by atoms with Gasteiger partial charge in [-0.2, -0.15) is 0 Å². The van der Waals surface area contributed by atoms with E-state index >= 15 is 14.4 Å². The molecule has 0 aromatic carbocycles. The summed E-state index contributed by atoms with van der Waals surface area (Å²) in [6, 6.07) is -9.87. The molecule has 25 heteroatoms. The summed E-state index contributed by atoms with van der Waals surface area (Å²) < 4.78 is 13.9. The van der Waals surface area contributed by atoms with E-state index in [2.05, 4.69) is 26.3 Å². The van der Waals surface area contributed by atoms with Crippen molar-refractivity contribution in [3.8, 4) is 0 Å². The van der Waals surface area contributed by atoms with Crippen molar-refractivity contribution in [2.45, 2.75) is 228 Å². The quantitative estimate of drug-likeness (QED) is 0.0660. The maximum absolute atomic E-state index is 15.2. The van der Waals surface area contributed by atoms with Crippen molar-refractivity contribution in [3.63, 3.8) is 0 Å². The Hall–Kier alpha value is -6.79. The molecule has 5 N–H and O–H groups in total. The van der Waals surface area contributed by atoms with Gasteiger partial charge in [-0.1, -0.05) is 90.0 Å². The smallest absolute Gasteiger partial charge is 0.321 e. The Bertz CT molecular complexity index is 2580. The molecule has 11 atom stereocenters. The number of nitrogens with zero attached hydrogens (tertiary/aromatic N) is 8. The van der Waals surface area contributed by atoms with Gasteiger partial charge in [-0.25, -0.2) is 9.18 Å². The van der Waals surface area contributed by atoms with E-state index in [0.717, 1.165) is 11.1 Å². The maximum Gasteiger partial charge on any atom is 0.321 e. The fraction of sp³-hybridized carbons (Fsp3) is 0.750. The first kappa shape index (κ1) is 78.3. The van der Waals surface area contributed by atoms with Crippen molar-refractivity contribution in [3.05, 3.63) is 29.8 Å². The average Bonchev–Trinajstić information content (AvgIpc) is 1.65. The number of halogens is 1. The second-order valence-electron chi connectivity index (χ2n) is 26.5. The van der Waals surface area contributed by atoms with Gasteiger partial charge in [-0.3, -0.25) is 58.2 Å². The third-order valence-corrected chi connectivity index (χ3v) is 16.9. The summed E-state index contributed by atoms with van der Waals surface area (Å²) >= 11 is 0. The van der Waals surface area contributed by atoms with Crippen LogP contribution in [0.4, 0.5) is 9.18 Å². The standard InChI is InChI=1S/C64H109FN12O12/c1-23-45(59(84)71(17)42(15)58(83)73(19)48(32-37(6)7)57(82)69-51(39(10)11)61(86)74(20)47(31-36(4)5)56(81)68-41(14)55(80)70-64(89)66-16)77-46(26-24-25-44-29-28-43(65)34-67-44)54(79)53(63(77)88)76(22)62(87)52(40(12)13)75(21)60(85)49(33-38(8)9)72(18)50(78)30-27-35(2)3/h28-29,34-42,45-49,51-54,79H,23-27,30-33H2,1-22H3,(H,68,81)(H,69,82)(H2,66,70,80,89)/t41-,42-,45+,46-,47+,48+,49?,51+,52+,53+,54-/m1/s1. The van der Waals surface area contributed by atoms with Crippen molar-refractivity contribution in [1.29, 1.82) is 0 Å². The molecule has 2 rings (SSSR count). The molecule has 1 saturated heterocycles. The summed E-state index contributed by atoms with van der Waals surface area (Å²) in [5, 5.41) is 22.2. The van der Waals surface area contributed by atoms with Gasteiger partial charge >= 0.3 is 6.03 Å². The van der Waals surface area contributed by atoms with Crippen LogP contribution in [0.25, 0.3) is 0 Å². The topological polar surface area (TPSA) is 292 Å². The van der Waals surface area contributed by atoms with E-state index in [9.17, 15) is 47.9 Å². The number of amides is 12. The second kappa shape index (κ2) is 35.6. The second-order valence-corrected chi connectivity index (χ2v) is 26.5. The van der Waals surface area contributed by atoms with Gasteiger partial charge < -0.3 is 55.4 Å². The number of aromatic nitrogens is 1. The number of aliphatic hydroxyl groups excluding tert-OH is 1. The number of rotatable bonds is 33. The molecule has 1 aliphatic rings. The highest BCUT2D eigenvalue weighted by Gasteiger charge is 2.55. The number of imide groups is 1. The molecule has 0 spiro atoms. The van der Waals surface area contributed by atoms with Crippen LogP contribution in [-0.4, -0.2) is 225 Å². The molecular formula is C64H109FN12O12. The molecule has 1 aromatic heterocycles. The van der Waals surface area contributed by atoms with Crippen molar-refractivity contribution in [2.75, 3.05) is 49.3 Å². The van der Waals surface area contributed by atoms with E-state index in [1.165, 1.54) is 97.7 Å². The van der Waals surface area contributed by atoms with E-state index in [1.807, 2.05) is 55.4 Å². The molecule has 0 aliphatic carbocycles. The summed E-state index contributed by atoms with van der Waals surface area (Å²) in [6.45, 7) is 26.7. The molecule has 24 nitrogen and oxygen atoms in total. The van der Waals surface area contributed by atoms with Gasteiger partial charge in [0.25, 0.3) is 0 Å². The number of carbonyl (C=O) groups excluding carboxylic acids is 11. The summed E-state index contributed by atoms with van der Waals surface area (Å²) in [5.41, 5.74) is 0.536. The molecule has 12 amide bonds. The lowest BCUT2D eigenvalue weighted by Crippen LogP contribution is -2.61. The molecule has 0 radical (unpaired) electrons. The first-order valence-corrected chi connectivity index (χ1v) is 31.6. The van der Waals surface area contributed by atoms with Gasteiger partial charge in [0, 0.05) is 61.4 Å². The number of aliphatic hydroxyl groups is 1. The third kappa shape index (κ3) is 21.4. The Kier molecular flexibility index (Phi) is 31.3. The molecule has 1 unspecified atom stereocenters. The molecule has 1 aromatic rings. The minimum atomic E-state index is -1.57. The van der Waals surface area contributed by atoms with Crippen LogP contribution < -0.4 is 21.3 Å². The monoisotopic (exact) mass is 1260 g/mol. The molecule has 2 heterocycles. The Morgan fingerprint density at radius 2 is 1.16 bits per heavy atom. The van der Waals surface area contributed by atoms with Crippen LogP contribution in [0, 0.1) is 41.3 Å². The Labute approximate surface area is 528 Å². The van der Waals surface area contributed by atoms with Crippen molar-refractivity contribution in [2.24, 2.45) is 35.5 Å². The number of likely N-dealkylation sites (tertiary alicyclic amines) is 1. The van der Waals surface area contributed by atoms with E-state index in [-0.39, 0.29) is 61.7 Å². The maximum atomic E-state index is 15.2. The van der Waals surface area contributed by atoms with Gasteiger partial charge in [-0.05, 0) is 113 Å². The highest BCUT2D eigenvalue weighted by molar-refractivity contribution is 6.01. The van der Waals surface area contributed by atoms with Crippen LogP contribution in [0.1, 0.15) is 161 Å². The summed E-state index contributed by atoms with van der Waals surface area (Å²) in [6.07, 6.45) is 1.67. The SMILES string of the molecule is CC[C@@H](C(=O)N(C)[C@H](C)C(=O)N(C)[C@@H](CC(C)C)C(=O)N[C@H](C(=O)N(C)[C@@H](CC(C)C)C(=O)N[C@H](C)C(=O)NC(=O)NC)C(C)C)N1C(=O)[C@@H](N(C)C(=O)[C@H](C(C)C)N(C)C(=O)C(CC(C)C)N(C)C(=O)CCC(C)C)[C@H](O)[C@H]1CCCc1ccc(F)cn1. The van der Waals surface area contributed by atoms with Gasteiger partial charge in [-0.15, -0.1) is 0 Å². The highest BCUT2D eigenvalue weighted by Crippen LogP contribution is 2.33.